The number of rotatable bonds is 36. The van der Waals surface area contributed by atoms with E-state index in [1.807, 2.05) is 36.4 Å². The second-order valence-corrected chi connectivity index (χ2v) is 17.4. The van der Waals surface area contributed by atoms with Crippen LogP contribution in [0.25, 0.3) is 17.2 Å². The average molecular weight is 782 g/mol. The summed E-state index contributed by atoms with van der Waals surface area (Å²) in [4.78, 5) is 0. The van der Waals surface area contributed by atoms with E-state index in [4.69, 9.17) is 9.15 Å². The van der Waals surface area contributed by atoms with Gasteiger partial charge in [0.15, 0.2) is 18.2 Å². The monoisotopic (exact) mass is 782 g/mol. The van der Waals surface area contributed by atoms with Gasteiger partial charge in [0.05, 0.1) is 11.8 Å². The van der Waals surface area contributed by atoms with Crippen molar-refractivity contribution < 1.29 is 13.7 Å². The van der Waals surface area contributed by atoms with Crippen LogP contribution in [0.1, 0.15) is 231 Å². The van der Waals surface area contributed by atoms with Crippen LogP contribution in [-0.2, 0) is 13.0 Å². The van der Waals surface area contributed by atoms with Crippen LogP contribution >= 0.6 is 0 Å². The van der Waals surface area contributed by atoms with E-state index in [0.717, 1.165) is 41.8 Å². The molecule has 57 heavy (non-hydrogen) atoms. The second kappa shape index (κ2) is 31.0. The lowest BCUT2D eigenvalue weighted by Gasteiger charge is -2.04. The summed E-state index contributed by atoms with van der Waals surface area (Å²) in [5.74, 6) is 2.53. The summed E-state index contributed by atoms with van der Waals surface area (Å²) in [6, 6.07) is 15.0. The van der Waals surface area contributed by atoms with Crippen molar-refractivity contribution in [3.05, 3.63) is 72.0 Å². The molecule has 0 spiro atoms. The van der Waals surface area contributed by atoms with E-state index in [9.17, 15) is 0 Å². The standard InChI is InChI=1S/C53H84N2O2/c1-3-5-7-9-11-13-15-17-19-21-23-25-27-29-31-33-38-47-43-44-51-49(46-47)55(53(57-51)42-37-41-52-54-48-39-34-35-40-50(48)56-52)45-36-32-30-28-26-24-22-20-18-16-14-12-10-8-6-4-2/h34-35,37,39-44,46H,3-33,36,38,45H2,1-2H3/p+1. The van der Waals surface area contributed by atoms with E-state index in [2.05, 4.69) is 48.0 Å². The first-order valence-electron chi connectivity index (χ1n) is 24.7. The minimum Gasteiger partial charge on any atom is -0.439 e. The quantitative estimate of drug-likeness (QED) is 0.0472. The number of nitrogens with one attached hydrogen (secondary N) is 1. The summed E-state index contributed by atoms with van der Waals surface area (Å²) in [7, 11) is 0. The van der Waals surface area contributed by atoms with Crippen LogP contribution in [0.3, 0.4) is 0 Å². The van der Waals surface area contributed by atoms with Crippen molar-refractivity contribution in [3.63, 3.8) is 0 Å². The van der Waals surface area contributed by atoms with Crippen LogP contribution in [-0.4, -0.2) is 0 Å². The maximum atomic E-state index is 6.48. The zero-order valence-electron chi connectivity index (χ0n) is 37.1. The molecule has 0 bridgehead atoms. The molecule has 0 fully saturated rings. The highest BCUT2D eigenvalue weighted by atomic mass is 16.5. The Morgan fingerprint density at radius 3 is 1.51 bits per heavy atom. The van der Waals surface area contributed by atoms with Gasteiger partial charge in [0.1, 0.15) is 0 Å². The highest BCUT2D eigenvalue weighted by Crippen LogP contribution is 2.32. The highest BCUT2D eigenvalue weighted by Gasteiger charge is 2.21. The number of aromatic nitrogens is 1. The Morgan fingerprint density at radius 1 is 0.526 bits per heavy atom. The lowest BCUT2D eigenvalue weighted by Crippen LogP contribution is -2.35. The first-order chi connectivity index (χ1) is 28.3. The van der Waals surface area contributed by atoms with Gasteiger partial charge < -0.3 is 14.5 Å². The van der Waals surface area contributed by atoms with Gasteiger partial charge in [0, 0.05) is 12.5 Å². The topological polar surface area (TPSA) is 38.3 Å². The number of ether oxygens (including phenoxy) is 1. The summed E-state index contributed by atoms with van der Waals surface area (Å²) in [5, 5.41) is 3.36. The van der Waals surface area contributed by atoms with E-state index in [-0.39, 0.29) is 0 Å². The molecular weight excluding hydrogens is 697 g/mol. The molecule has 4 rings (SSSR count). The third kappa shape index (κ3) is 20.0. The number of para-hydroxylation sites is 2. The number of benzene rings is 2. The summed E-state index contributed by atoms with van der Waals surface area (Å²) in [5.41, 5.74) is 4.67. The smallest absolute Gasteiger partial charge is 0.374 e. The first-order valence-corrected chi connectivity index (χ1v) is 24.7. The van der Waals surface area contributed by atoms with Crippen molar-refractivity contribution >= 4 is 22.9 Å². The summed E-state index contributed by atoms with van der Waals surface area (Å²) >= 11 is 0. The van der Waals surface area contributed by atoms with Crippen LogP contribution in [0.2, 0.25) is 0 Å². The molecule has 1 N–H and O–H groups in total. The molecule has 1 aromatic heterocycles. The molecule has 0 saturated carbocycles. The van der Waals surface area contributed by atoms with Gasteiger partial charge in [0.2, 0.25) is 5.58 Å². The molecular formula is C53H85N2O2+. The van der Waals surface area contributed by atoms with Gasteiger partial charge in [-0.15, -0.1) is 0 Å². The summed E-state index contributed by atoms with van der Waals surface area (Å²) in [6.07, 6.45) is 52.2. The lowest BCUT2D eigenvalue weighted by molar-refractivity contribution is -0.678. The Morgan fingerprint density at radius 2 is 1.00 bits per heavy atom. The van der Waals surface area contributed by atoms with Crippen LogP contribution in [0, 0.1) is 0 Å². The lowest BCUT2D eigenvalue weighted by atomic mass is 10.0. The Labute approximate surface area is 350 Å². The van der Waals surface area contributed by atoms with E-state index in [1.54, 1.807) is 0 Å². The molecule has 2 heterocycles. The molecule has 0 saturated heterocycles. The van der Waals surface area contributed by atoms with Gasteiger partial charge in [-0.05, 0) is 55.2 Å². The van der Waals surface area contributed by atoms with Gasteiger partial charge in [-0.1, -0.05) is 218 Å². The molecule has 0 atom stereocenters. The minimum absolute atomic E-state index is 0.744. The van der Waals surface area contributed by atoms with Crippen molar-refractivity contribution in [2.24, 2.45) is 0 Å². The van der Waals surface area contributed by atoms with Gasteiger partial charge >= 0.3 is 5.89 Å². The van der Waals surface area contributed by atoms with Crippen LogP contribution in [0.5, 0.6) is 5.75 Å². The molecule has 4 nitrogen and oxygen atoms in total. The molecule has 0 radical (unpaired) electrons. The second-order valence-electron chi connectivity index (χ2n) is 17.4. The highest BCUT2D eigenvalue weighted by molar-refractivity contribution is 5.71. The van der Waals surface area contributed by atoms with Crippen LogP contribution in [0.4, 0.5) is 5.69 Å². The van der Waals surface area contributed by atoms with Gasteiger partial charge in [-0.3, -0.25) is 0 Å². The maximum absolute atomic E-state index is 6.48. The summed E-state index contributed by atoms with van der Waals surface area (Å²) < 4.78 is 14.9. The van der Waals surface area contributed by atoms with Crippen molar-refractivity contribution in [1.82, 2.24) is 0 Å². The number of oxazole rings is 1. The zero-order chi connectivity index (χ0) is 39.9. The van der Waals surface area contributed by atoms with E-state index in [0.29, 0.717) is 0 Å². The number of hydrogen-bond acceptors (Lipinski definition) is 3. The first kappa shape index (κ1) is 46.7. The molecule has 318 valence electrons. The van der Waals surface area contributed by atoms with Crippen LogP contribution in [0.15, 0.2) is 64.9 Å². The van der Waals surface area contributed by atoms with Gasteiger partial charge in [-0.2, -0.15) is 4.57 Å². The fourth-order valence-electron chi connectivity index (χ4n) is 8.58. The number of hydrogen-bond donors (Lipinski definition) is 1. The molecule has 2 aromatic carbocycles. The molecule has 1 aliphatic heterocycles. The van der Waals surface area contributed by atoms with Crippen molar-refractivity contribution in [2.45, 2.75) is 232 Å². The third-order valence-electron chi connectivity index (χ3n) is 12.2. The number of unbranched alkanes of at least 4 members (excludes halogenated alkanes) is 30. The van der Waals surface area contributed by atoms with E-state index >= 15 is 0 Å². The molecule has 4 heteroatoms. The zero-order valence-corrected chi connectivity index (χ0v) is 37.1. The molecule has 0 aliphatic carbocycles. The van der Waals surface area contributed by atoms with E-state index < -0.39 is 0 Å². The largest absolute Gasteiger partial charge is 0.439 e. The summed E-state index contributed by atoms with van der Waals surface area (Å²) in [6.45, 7) is 5.60. The molecule has 0 amide bonds. The fraction of sp³-hybridized carbons (Fsp3) is 0.679. The molecule has 0 unspecified atom stereocenters. The molecule has 1 aliphatic rings. The Bertz CT molecular complexity index is 1470. The van der Waals surface area contributed by atoms with Gasteiger partial charge in [-0.25, -0.2) is 0 Å². The van der Waals surface area contributed by atoms with Crippen molar-refractivity contribution in [1.29, 1.82) is 0 Å². The number of aryl methyl sites for hydroxylation is 2. The normalized spacial score (nSPS) is 13.3. The number of anilines is 1. The van der Waals surface area contributed by atoms with Crippen molar-refractivity contribution in [2.75, 3.05) is 5.32 Å². The number of allylic oxidation sites excluding steroid dienone is 2. The van der Waals surface area contributed by atoms with Crippen LogP contribution < -0.4 is 14.6 Å². The third-order valence-corrected chi connectivity index (χ3v) is 12.2. The average Bonchev–Trinajstić information content (AvgIpc) is 3.80. The Balaban J connectivity index is 1.15. The maximum Gasteiger partial charge on any atom is 0.374 e. The van der Waals surface area contributed by atoms with Gasteiger partial charge in [0.25, 0.3) is 5.52 Å². The predicted molar refractivity (Wildman–Crippen MR) is 247 cm³/mol. The SMILES string of the molecule is CCCCCCCCCCCCCCCCCCc1ccc2oc(C=CC=C3Nc4ccccc4O3)[n+](CCCCCCCCCCCCCCCCCC)c2c1. The predicted octanol–water partition coefficient (Wildman–Crippen LogP) is 17.1. The van der Waals surface area contributed by atoms with E-state index in [1.165, 1.54) is 217 Å². The number of fused-ring (bicyclic) bond motifs is 2. The molecule has 3 aromatic rings. The minimum atomic E-state index is 0.744. The number of nitrogens with zero attached hydrogens (tertiary/aromatic N) is 1. The Hall–Kier alpha value is -3.01. The fourth-order valence-corrected chi connectivity index (χ4v) is 8.58. The van der Waals surface area contributed by atoms with Crippen molar-refractivity contribution in [3.8, 4) is 5.75 Å². The Kier molecular flexibility index (Phi) is 25.4.